The van der Waals surface area contributed by atoms with Crippen molar-refractivity contribution in [3.05, 3.63) is 59.2 Å². The fourth-order valence-electron chi connectivity index (χ4n) is 3.41. The fraction of sp³-hybridized carbons (Fsp3) is 0.429. The summed E-state index contributed by atoms with van der Waals surface area (Å²) >= 11 is 0. The van der Waals surface area contributed by atoms with Gasteiger partial charge in [-0.3, -0.25) is 0 Å². The lowest BCUT2D eigenvalue weighted by molar-refractivity contribution is -0.275. The van der Waals surface area contributed by atoms with E-state index >= 15 is 0 Å². The minimum Gasteiger partial charge on any atom is -0.429 e. The zero-order chi connectivity index (χ0) is 22.8. The Bertz CT molecular complexity index is 914. The van der Waals surface area contributed by atoms with Gasteiger partial charge in [0.15, 0.2) is 11.6 Å². The molecule has 0 spiro atoms. The second kappa shape index (κ2) is 8.94. The molecule has 0 bridgehead atoms. The van der Waals surface area contributed by atoms with Crippen LogP contribution in [0.3, 0.4) is 0 Å². The molecule has 1 saturated heterocycles. The molecular weight excluding hydrogens is 433 g/mol. The molecule has 1 aliphatic heterocycles. The third kappa shape index (κ3) is 5.81. The molecular formula is C21H19F7O3. The van der Waals surface area contributed by atoms with Gasteiger partial charge < -0.3 is 14.2 Å². The lowest BCUT2D eigenvalue weighted by Crippen LogP contribution is -2.24. The molecule has 0 aromatic heterocycles. The van der Waals surface area contributed by atoms with Gasteiger partial charge in [0.2, 0.25) is 0 Å². The highest BCUT2D eigenvalue weighted by molar-refractivity contribution is 5.35. The van der Waals surface area contributed by atoms with Crippen LogP contribution in [0.1, 0.15) is 49.8 Å². The number of rotatable bonds is 7. The Morgan fingerprint density at radius 2 is 1.68 bits per heavy atom. The third-order valence-corrected chi connectivity index (χ3v) is 4.77. The van der Waals surface area contributed by atoms with Crippen LogP contribution in [0.25, 0.3) is 0 Å². The van der Waals surface area contributed by atoms with Gasteiger partial charge in [0, 0.05) is 6.07 Å². The molecule has 3 rings (SSSR count). The van der Waals surface area contributed by atoms with Crippen LogP contribution in [-0.4, -0.2) is 12.5 Å². The zero-order valence-electron chi connectivity index (χ0n) is 16.3. The second-order valence-electron chi connectivity index (χ2n) is 7.11. The molecule has 1 aliphatic rings. The number of alkyl halides is 5. The van der Waals surface area contributed by atoms with Gasteiger partial charge in [-0.1, -0.05) is 19.4 Å². The molecule has 0 N–H and O–H groups in total. The fourth-order valence-corrected chi connectivity index (χ4v) is 3.41. The van der Waals surface area contributed by atoms with Gasteiger partial charge >= 0.3 is 12.5 Å². The molecule has 0 radical (unpaired) electrons. The van der Waals surface area contributed by atoms with E-state index in [2.05, 4.69) is 9.47 Å². The van der Waals surface area contributed by atoms with E-state index in [0.29, 0.717) is 30.2 Å². The second-order valence-corrected chi connectivity index (χ2v) is 7.11. The van der Waals surface area contributed by atoms with Gasteiger partial charge in [-0.2, -0.15) is 8.78 Å². The molecule has 170 valence electrons. The summed E-state index contributed by atoms with van der Waals surface area (Å²) in [5.74, 6) is -4.83. The standard InChI is InChI=1S/C21H19F7O3/c1-2-3-13-5-8-18(29-13)12-4-7-15(16(22)10-12)20(24,25)30-14-6-9-19(17(23)11-14)31-21(26,27)28/h4,6-7,9-11,13,18H,2-3,5,8H2,1H3. The summed E-state index contributed by atoms with van der Waals surface area (Å²) in [5, 5.41) is 0. The normalized spacial score (nSPS) is 19.5. The molecule has 2 aromatic rings. The average Bonchev–Trinajstić information content (AvgIpc) is 3.11. The topological polar surface area (TPSA) is 27.7 Å². The van der Waals surface area contributed by atoms with Gasteiger partial charge in [0.25, 0.3) is 0 Å². The largest absolute Gasteiger partial charge is 0.573 e. The Balaban J connectivity index is 1.74. The molecule has 2 atom stereocenters. The van der Waals surface area contributed by atoms with Gasteiger partial charge in [-0.05, 0) is 49.1 Å². The predicted octanol–water partition coefficient (Wildman–Crippen LogP) is 7.01. The molecule has 2 aromatic carbocycles. The van der Waals surface area contributed by atoms with Crippen molar-refractivity contribution in [2.45, 2.75) is 57.3 Å². The van der Waals surface area contributed by atoms with E-state index in [-0.39, 0.29) is 6.10 Å². The van der Waals surface area contributed by atoms with Crippen molar-refractivity contribution in [3.8, 4) is 11.5 Å². The monoisotopic (exact) mass is 452 g/mol. The van der Waals surface area contributed by atoms with E-state index in [1.807, 2.05) is 6.92 Å². The highest BCUT2D eigenvalue weighted by Gasteiger charge is 2.39. The Kier molecular flexibility index (Phi) is 6.68. The molecule has 0 amide bonds. The number of hydrogen-bond acceptors (Lipinski definition) is 3. The first-order chi connectivity index (χ1) is 14.5. The molecule has 10 heteroatoms. The SMILES string of the molecule is CCCC1CCC(c2ccc(C(F)(F)Oc3ccc(OC(F)(F)F)c(F)c3)c(F)c2)O1. The minimum absolute atomic E-state index is 0.0432. The van der Waals surface area contributed by atoms with Crippen LogP contribution < -0.4 is 9.47 Å². The Hall–Kier alpha value is -2.49. The number of halogens is 7. The summed E-state index contributed by atoms with van der Waals surface area (Å²) in [7, 11) is 0. The summed E-state index contributed by atoms with van der Waals surface area (Å²) in [5.41, 5.74) is -0.689. The highest BCUT2D eigenvalue weighted by Crippen LogP contribution is 2.39. The van der Waals surface area contributed by atoms with Gasteiger partial charge in [-0.25, -0.2) is 8.78 Å². The smallest absolute Gasteiger partial charge is 0.429 e. The molecule has 0 aliphatic carbocycles. The van der Waals surface area contributed by atoms with Crippen LogP contribution in [0.4, 0.5) is 30.7 Å². The maximum absolute atomic E-state index is 14.5. The Labute approximate surface area is 173 Å². The average molecular weight is 452 g/mol. The van der Waals surface area contributed by atoms with Crippen LogP contribution in [0.5, 0.6) is 11.5 Å². The Morgan fingerprint density at radius 3 is 2.29 bits per heavy atom. The number of hydrogen-bond donors (Lipinski definition) is 0. The third-order valence-electron chi connectivity index (χ3n) is 4.77. The maximum Gasteiger partial charge on any atom is 0.573 e. The summed E-state index contributed by atoms with van der Waals surface area (Å²) in [6.45, 7) is 2.01. The van der Waals surface area contributed by atoms with E-state index in [1.54, 1.807) is 0 Å². The highest BCUT2D eigenvalue weighted by atomic mass is 19.4. The first-order valence-corrected chi connectivity index (χ1v) is 9.56. The van der Waals surface area contributed by atoms with Crippen molar-refractivity contribution in [1.82, 2.24) is 0 Å². The summed E-state index contributed by atoms with van der Waals surface area (Å²) in [4.78, 5) is 0. The summed E-state index contributed by atoms with van der Waals surface area (Å²) < 4.78 is 107. The summed E-state index contributed by atoms with van der Waals surface area (Å²) in [6, 6.07) is 4.52. The van der Waals surface area contributed by atoms with Crippen molar-refractivity contribution in [2.24, 2.45) is 0 Å². The van der Waals surface area contributed by atoms with Crippen molar-refractivity contribution in [3.63, 3.8) is 0 Å². The Morgan fingerprint density at radius 1 is 0.935 bits per heavy atom. The van der Waals surface area contributed by atoms with Crippen molar-refractivity contribution >= 4 is 0 Å². The van der Waals surface area contributed by atoms with Crippen LogP contribution >= 0.6 is 0 Å². The molecule has 1 fully saturated rings. The lowest BCUT2D eigenvalue weighted by Gasteiger charge is -2.20. The van der Waals surface area contributed by atoms with Gasteiger partial charge in [0.05, 0.1) is 17.8 Å². The van der Waals surface area contributed by atoms with Gasteiger partial charge in [0.1, 0.15) is 11.6 Å². The van der Waals surface area contributed by atoms with Crippen LogP contribution in [0.2, 0.25) is 0 Å². The first kappa shape index (κ1) is 23.2. The quantitative estimate of drug-likeness (QED) is 0.423. The predicted molar refractivity (Wildman–Crippen MR) is 95.8 cm³/mol. The minimum atomic E-state index is -5.16. The van der Waals surface area contributed by atoms with Crippen LogP contribution in [0, 0.1) is 11.6 Å². The number of benzene rings is 2. The molecule has 31 heavy (non-hydrogen) atoms. The molecule has 3 nitrogen and oxygen atoms in total. The molecule has 1 heterocycles. The van der Waals surface area contributed by atoms with Crippen molar-refractivity contribution in [1.29, 1.82) is 0 Å². The van der Waals surface area contributed by atoms with E-state index in [9.17, 15) is 30.7 Å². The van der Waals surface area contributed by atoms with E-state index in [4.69, 9.17) is 4.74 Å². The number of ether oxygens (including phenoxy) is 3. The van der Waals surface area contributed by atoms with E-state index in [0.717, 1.165) is 31.4 Å². The van der Waals surface area contributed by atoms with Crippen molar-refractivity contribution in [2.75, 3.05) is 0 Å². The maximum atomic E-state index is 14.5. The van der Waals surface area contributed by atoms with Crippen LogP contribution in [-0.2, 0) is 10.8 Å². The summed E-state index contributed by atoms with van der Waals surface area (Å²) in [6.07, 6.45) is -6.50. The molecule has 2 unspecified atom stereocenters. The van der Waals surface area contributed by atoms with E-state index in [1.165, 1.54) is 6.07 Å². The lowest BCUT2D eigenvalue weighted by atomic mass is 10.0. The van der Waals surface area contributed by atoms with Gasteiger partial charge in [-0.15, -0.1) is 13.2 Å². The zero-order valence-corrected chi connectivity index (χ0v) is 16.3. The first-order valence-electron chi connectivity index (χ1n) is 9.56. The van der Waals surface area contributed by atoms with Crippen molar-refractivity contribution < 1.29 is 44.9 Å². The van der Waals surface area contributed by atoms with Crippen LogP contribution in [0.15, 0.2) is 36.4 Å². The molecule has 0 saturated carbocycles. The van der Waals surface area contributed by atoms with E-state index < -0.39 is 47.3 Å².